The van der Waals surface area contributed by atoms with Crippen LogP contribution in [0.2, 0.25) is 0 Å². The fourth-order valence-electron chi connectivity index (χ4n) is 2.30. The minimum Gasteiger partial charge on any atom is -0.495 e. The minimum absolute atomic E-state index is 0.0498. The normalized spacial score (nSPS) is 15.3. The van der Waals surface area contributed by atoms with Gasteiger partial charge in [0.25, 0.3) is 0 Å². The van der Waals surface area contributed by atoms with Crippen LogP contribution in [0.15, 0.2) is 22.7 Å². The van der Waals surface area contributed by atoms with Gasteiger partial charge in [-0.15, -0.1) is 0 Å². The molecule has 1 aromatic rings. The summed E-state index contributed by atoms with van der Waals surface area (Å²) in [5, 5.41) is 6.15. The molecule has 1 saturated carbocycles. The molecule has 0 aromatic heterocycles. The van der Waals surface area contributed by atoms with Crippen LogP contribution in [-0.4, -0.2) is 25.6 Å². The summed E-state index contributed by atoms with van der Waals surface area (Å²) >= 11 is 3.40. The molecule has 2 N–H and O–H groups in total. The zero-order chi connectivity index (χ0) is 13.7. The predicted octanol–water partition coefficient (Wildman–Crippen LogP) is 2.93. The number of halogens is 1. The highest BCUT2D eigenvalue weighted by atomic mass is 79.9. The molecule has 19 heavy (non-hydrogen) atoms. The third-order valence-corrected chi connectivity index (χ3v) is 3.98. The van der Waals surface area contributed by atoms with E-state index in [4.69, 9.17) is 4.74 Å². The summed E-state index contributed by atoms with van der Waals surface area (Å²) in [6.07, 6.45) is 4.67. The number of nitrogens with one attached hydrogen (secondary N) is 2. The van der Waals surface area contributed by atoms with Crippen LogP contribution in [0, 0.1) is 0 Å². The van der Waals surface area contributed by atoms with E-state index in [1.54, 1.807) is 7.11 Å². The van der Waals surface area contributed by atoms with E-state index >= 15 is 0 Å². The van der Waals surface area contributed by atoms with Crippen LogP contribution in [-0.2, 0) is 4.79 Å². The molecule has 1 aromatic carbocycles. The van der Waals surface area contributed by atoms with Gasteiger partial charge in [-0.2, -0.15) is 0 Å². The molecule has 0 heterocycles. The van der Waals surface area contributed by atoms with Crippen molar-refractivity contribution in [1.82, 2.24) is 5.32 Å². The minimum atomic E-state index is 0.0498. The standard InChI is InChI=1S/C14H19BrN2O2/c1-19-13-8-11(6-7-12(13)15)16-9-14(18)17-10-4-2-3-5-10/h6-8,10,16H,2-5,9H2,1H3,(H,17,18). The van der Waals surface area contributed by atoms with Crippen molar-refractivity contribution >= 4 is 27.5 Å². The molecule has 0 bridgehead atoms. The highest BCUT2D eigenvalue weighted by Crippen LogP contribution is 2.27. The van der Waals surface area contributed by atoms with E-state index in [1.165, 1.54) is 12.8 Å². The van der Waals surface area contributed by atoms with Gasteiger partial charge < -0.3 is 15.4 Å². The number of carbonyl (C=O) groups is 1. The summed E-state index contributed by atoms with van der Waals surface area (Å²) in [4.78, 5) is 11.8. The third-order valence-electron chi connectivity index (χ3n) is 3.32. The molecular formula is C14H19BrN2O2. The van der Waals surface area contributed by atoms with Crippen LogP contribution >= 0.6 is 15.9 Å². The van der Waals surface area contributed by atoms with Gasteiger partial charge in [-0.1, -0.05) is 12.8 Å². The number of carbonyl (C=O) groups excluding carboxylic acids is 1. The molecule has 1 aliphatic rings. The summed E-state index contributed by atoms with van der Waals surface area (Å²) in [6, 6.07) is 6.05. The Morgan fingerprint density at radius 1 is 1.42 bits per heavy atom. The van der Waals surface area contributed by atoms with E-state index in [2.05, 4.69) is 26.6 Å². The Balaban J connectivity index is 1.82. The molecule has 0 radical (unpaired) electrons. The summed E-state index contributed by atoms with van der Waals surface area (Å²) in [5.41, 5.74) is 0.877. The Hall–Kier alpha value is -1.23. The second-order valence-corrected chi connectivity index (χ2v) is 5.61. The van der Waals surface area contributed by atoms with Crippen LogP contribution in [0.3, 0.4) is 0 Å². The fraction of sp³-hybridized carbons (Fsp3) is 0.500. The molecule has 1 fully saturated rings. The van der Waals surface area contributed by atoms with Crippen LogP contribution in [0.1, 0.15) is 25.7 Å². The summed E-state index contributed by atoms with van der Waals surface area (Å²) in [5.74, 6) is 0.801. The SMILES string of the molecule is COc1cc(NCC(=O)NC2CCCC2)ccc1Br. The van der Waals surface area contributed by atoms with Gasteiger partial charge in [-0.3, -0.25) is 4.79 Å². The van der Waals surface area contributed by atoms with Crippen molar-refractivity contribution in [3.05, 3.63) is 22.7 Å². The lowest BCUT2D eigenvalue weighted by atomic mass is 10.2. The second kappa shape index (κ2) is 6.80. The molecular weight excluding hydrogens is 308 g/mol. The van der Waals surface area contributed by atoms with Gasteiger partial charge in [-0.05, 0) is 40.9 Å². The van der Waals surface area contributed by atoms with E-state index in [1.807, 2.05) is 18.2 Å². The number of hydrogen-bond acceptors (Lipinski definition) is 3. The first-order valence-corrected chi connectivity index (χ1v) is 7.35. The van der Waals surface area contributed by atoms with Gasteiger partial charge in [0.15, 0.2) is 0 Å². The van der Waals surface area contributed by atoms with Crippen LogP contribution in [0.4, 0.5) is 5.69 Å². The van der Waals surface area contributed by atoms with Gasteiger partial charge in [0.05, 0.1) is 18.1 Å². The Bertz CT molecular complexity index is 445. The predicted molar refractivity (Wildman–Crippen MR) is 79.6 cm³/mol. The molecule has 2 rings (SSSR count). The lowest BCUT2D eigenvalue weighted by Crippen LogP contribution is -2.36. The van der Waals surface area contributed by atoms with E-state index < -0.39 is 0 Å². The number of methoxy groups -OCH3 is 1. The zero-order valence-electron chi connectivity index (χ0n) is 11.0. The van der Waals surface area contributed by atoms with Gasteiger partial charge in [-0.25, -0.2) is 0 Å². The van der Waals surface area contributed by atoms with Crippen LogP contribution < -0.4 is 15.4 Å². The quantitative estimate of drug-likeness (QED) is 0.874. The highest BCUT2D eigenvalue weighted by Gasteiger charge is 2.16. The Morgan fingerprint density at radius 2 is 2.16 bits per heavy atom. The van der Waals surface area contributed by atoms with Crippen molar-refractivity contribution in [2.45, 2.75) is 31.7 Å². The average molecular weight is 327 g/mol. The second-order valence-electron chi connectivity index (χ2n) is 4.75. The smallest absolute Gasteiger partial charge is 0.239 e. The maximum absolute atomic E-state index is 11.8. The third kappa shape index (κ3) is 4.13. The lowest BCUT2D eigenvalue weighted by Gasteiger charge is -2.13. The Kier molecular flexibility index (Phi) is 5.07. The molecule has 1 amide bonds. The largest absolute Gasteiger partial charge is 0.495 e. The Morgan fingerprint density at radius 3 is 2.84 bits per heavy atom. The summed E-state index contributed by atoms with van der Waals surface area (Å²) in [7, 11) is 1.62. The number of benzene rings is 1. The zero-order valence-corrected chi connectivity index (χ0v) is 12.6. The topological polar surface area (TPSA) is 50.4 Å². The van der Waals surface area contributed by atoms with Crippen molar-refractivity contribution < 1.29 is 9.53 Å². The van der Waals surface area contributed by atoms with Gasteiger partial charge in [0.1, 0.15) is 5.75 Å². The fourth-order valence-corrected chi connectivity index (χ4v) is 2.71. The monoisotopic (exact) mass is 326 g/mol. The Labute approximate surface area is 122 Å². The number of anilines is 1. The van der Waals surface area contributed by atoms with E-state index in [0.717, 1.165) is 28.8 Å². The molecule has 0 saturated heterocycles. The number of rotatable bonds is 5. The first kappa shape index (κ1) is 14.2. The molecule has 4 nitrogen and oxygen atoms in total. The average Bonchev–Trinajstić information content (AvgIpc) is 2.90. The van der Waals surface area contributed by atoms with Crippen molar-refractivity contribution in [2.75, 3.05) is 19.0 Å². The van der Waals surface area contributed by atoms with Crippen LogP contribution in [0.25, 0.3) is 0 Å². The molecule has 104 valence electrons. The molecule has 0 unspecified atom stereocenters. The van der Waals surface area contributed by atoms with Crippen molar-refractivity contribution in [3.63, 3.8) is 0 Å². The van der Waals surface area contributed by atoms with Gasteiger partial charge in [0, 0.05) is 17.8 Å². The molecule has 5 heteroatoms. The van der Waals surface area contributed by atoms with Gasteiger partial charge >= 0.3 is 0 Å². The number of hydrogen-bond donors (Lipinski definition) is 2. The van der Waals surface area contributed by atoms with E-state index in [-0.39, 0.29) is 5.91 Å². The van der Waals surface area contributed by atoms with Crippen molar-refractivity contribution in [3.8, 4) is 5.75 Å². The lowest BCUT2D eigenvalue weighted by molar-refractivity contribution is -0.120. The van der Waals surface area contributed by atoms with Crippen molar-refractivity contribution in [2.24, 2.45) is 0 Å². The summed E-state index contributed by atoms with van der Waals surface area (Å²) < 4.78 is 6.11. The maximum atomic E-state index is 11.8. The molecule has 0 aliphatic heterocycles. The maximum Gasteiger partial charge on any atom is 0.239 e. The van der Waals surface area contributed by atoms with Crippen molar-refractivity contribution in [1.29, 1.82) is 0 Å². The first-order valence-electron chi connectivity index (χ1n) is 6.56. The van der Waals surface area contributed by atoms with E-state index in [0.29, 0.717) is 12.6 Å². The van der Waals surface area contributed by atoms with Crippen LogP contribution in [0.5, 0.6) is 5.75 Å². The summed E-state index contributed by atoms with van der Waals surface area (Å²) in [6.45, 7) is 0.293. The molecule has 0 atom stereocenters. The number of ether oxygens (including phenoxy) is 1. The van der Waals surface area contributed by atoms with E-state index in [9.17, 15) is 4.79 Å². The first-order chi connectivity index (χ1) is 9.19. The number of amides is 1. The highest BCUT2D eigenvalue weighted by molar-refractivity contribution is 9.10. The van der Waals surface area contributed by atoms with Gasteiger partial charge in [0.2, 0.25) is 5.91 Å². The molecule has 0 spiro atoms. The molecule has 1 aliphatic carbocycles.